The van der Waals surface area contributed by atoms with Crippen LogP contribution in [-0.2, 0) is 0 Å². The van der Waals surface area contributed by atoms with Gasteiger partial charge in [0.05, 0.1) is 21.8 Å². The summed E-state index contributed by atoms with van der Waals surface area (Å²) in [6, 6.07) is 32.6. The van der Waals surface area contributed by atoms with Crippen LogP contribution < -0.4 is 0 Å². The second-order valence-corrected chi connectivity index (χ2v) is 16.5. The standard InChI is InChI=1S/C45H20F6I3N3O.U/c1-21-36(46)39(49)35(42(52)37(21)47)25-16-24(34-38(48)41(51)44(54)43(53)40(34)50)17-27(18-25)57-31-13-11-22(20-55-26-7-3-2-4-8-26)15-28(31)29-19-23(12-14-32(29)57)45-56-30-9-5-6-10-33(30)58-45;/h2-7,9-19H,1H3;/q-2;+2. The molecule has 0 N–H and O–H groups in total. The monoisotopic (exact) mass is 1350 g/mol. The Hall–Kier alpha value is -3.70. The minimum absolute atomic E-state index is 0. The number of aromatic nitrogens is 2. The molecule has 0 atom stereocenters. The van der Waals surface area contributed by atoms with Crippen molar-refractivity contribution in [2.75, 3.05) is 0 Å². The predicted molar refractivity (Wildman–Crippen MR) is 239 cm³/mol. The Labute approximate surface area is 396 Å². The molecule has 0 aliphatic rings. The Morgan fingerprint density at radius 3 is 2.03 bits per heavy atom. The van der Waals surface area contributed by atoms with E-state index in [1.165, 1.54) is 40.8 Å². The van der Waals surface area contributed by atoms with Crippen LogP contribution in [0.4, 0.5) is 32.0 Å². The van der Waals surface area contributed by atoms with Gasteiger partial charge in [-0.2, -0.15) is 24.3 Å². The molecular weight excluding hydrogens is 1330 g/mol. The van der Waals surface area contributed by atoms with Gasteiger partial charge in [0, 0.05) is 27.9 Å². The molecular formula is C45H20F6I3N3OU. The molecule has 0 spiro atoms. The van der Waals surface area contributed by atoms with Gasteiger partial charge in [-0.15, -0.1) is 23.4 Å². The average Bonchev–Trinajstić information content (AvgIpc) is 3.82. The van der Waals surface area contributed by atoms with Gasteiger partial charge in [-0.25, -0.2) is 37.4 Å². The van der Waals surface area contributed by atoms with Gasteiger partial charge in [0.15, 0.2) is 28.9 Å². The third-order valence-corrected chi connectivity index (χ3v) is 13.8. The zero-order valence-corrected chi connectivity index (χ0v) is 40.6. The molecule has 59 heavy (non-hydrogen) atoms. The quantitative estimate of drug-likeness (QED) is 0.0416. The van der Waals surface area contributed by atoms with Crippen molar-refractivity contribution in [3.05, 3.63) is 166 Å². The molecule has 9 aromatic rings. The fourth-order valence-corrected chi connectivity index (χ4v) is 8.89. The number of rotatable bonds is 6. The Bertz CT molecular complexity index is 3030. The molecule has 4 nitrogen and oxygen atoms in total. The summed E-state index contributed by atoms with van der Waals surface area (Å²) < 4.78 is 101. The van der Waals surface area contributed by atoms with Crippen molar-refractivity contribution in [1.82, 2.24) is 9.55 Å². The zero-order valence-electron chi connectivity index (χ0n) is 30.0. The van der Waals surface area contributed by atoms with Crippen molar-refractivity contribution >= 4 is 113 Å². The number of hydrogen-bond donors (Lipinski definition) is 0. The molecule has 0 radical (unpaired) electrons. The Balaban J connectivity index is 0.00000484. The van der Waals surface area contributed by atoms with E-state index in [1.807, 2.05) is 54.6 Å². The van der Waals surface area contributed by atoms with Crippen LogP contribution in [0.25, 0.3) is 72.3 Å². The minimum atomic E-state index is -1.47. The number of hydrogen-bond acceptors (Lipinski definition) is 3. The molecule has 9 rings (SSSR count). The predicted octanol–water partition coefficient (Wildman–Crippen LogP) is 14.3. The number of nitrogens with zero attached hydrogens (tertiary/aromatic N) is 3. The maximum absolute atomic E-state index is 16.1. The van der Waals surface area contributed by atoms with E-state index >= 15 is 26.3 Å². The van der Waals surface area contributed by atoms with E-state index in [9.17, 15) is 0 Å². The number of fused-ring (bicyclic) bond motifs is 4. The van der Waals surface area contributed by atoms with Crippen LogP contribution in [0.15, 0.2) is 113 Å². The van der Waals surface area contributed by atoms with E-state index in [0.717, 1.165) is 6.92 Å². The fourth-order valence-electron chi connectivity index (χ4n) is 6.96. The van der Waals surface area contributed by atoms with E-state index in [4.69, 9.17) is 4.42 Å². The second kappa shape index (κ2) is 16.6. The number of oxazole rings is 1. The third-order valence-electron chi connectivity index (χ3n) is 9.75. The smallest absolute Gasteiger partial charge is 0.436 e. The molecule has 0 amide bonds. The zero-order chi connectivity index (χ0) is 40.6. The van der Waals surface area contributed by atoms with Gasteiger partial charge in [-0.1, -0.05) is 18.2 Å². The summed E-state index contributed by atoms with van der Waals surface area (Å²) in [4.78, 5) is 9.12. The maximum Gasteiger partial charge on any atom is 2.00 e. The minimum Gasteiger partial charge on any atom is -0.436 e. The molecule has 0 bridgehead atoms. The first-order valence-corrected chi connectivity index (χ1v) is 20.5. The Kier molecular flexibility index (Phi) is 11.8. The topological polar surface area (TPSA) is 43.3 Å². The summed E-state index contributed by atoms with van der Waals surface area (Å²) in [5, 5.41) is 1.38. The first-order valence-electron chi connectivity index (χ1n) is 17.3. The molecule has 0 saturated heterocycles. The SMILES string of the molecule is Cc1c(F)c(F)c(-c2cc(-c3c(F)c(F)c(I)c(I)c3F)cc(-n3c4ccc([C-]=Nc5[c-]cccc5)cc4c4cc(-c5nc6ccccc6o5)ccc43)c2)c(I)c1F.[U+2]. The van der Waals surface area contributed by atoms with Gasteiger partial charge in [0.25, 0.3) is 0 Å². The number of para-hydroxylation sites is 3. The van der Waals surface area contributed by atoms with Gasteiger partial charge in [-0.3, -0.25) is 0 Å². The van der Waals surface area contributed by atoms with E-state index in [2.05, 4.69) is 22.3 Å². The average molecular weight is 1350 g/mol. The summed E-state index contributed by atoms with van der Waals surface area (Å²) in [6.07, 6.45) is 3.07. The van der Waals surface area contributed by atoms with Crippen LogP contribution >= 0.6 is 67.8 Å². The van der Waals surface area contributed by atoms with Crippen molar-refractivity contribution in [1.29, 1.82) is 0 Å². The Morgan fingerprint density at radius 1 is 0.644 bits per heavy atom. The number of benzene rings is 7. The van der Waals surface area contributed by atoms with Gasteiger partial charge in [0.1, 0.15) is 17.2 Å². The maximum atomic E-state index is 16.1. The second-order valence-electron chi connectivity index (χ2n) is 13.2. The normalized spacial score (nSPS) is 11.7. The largest absolute Gasteiger partial charge is 2.00 e. The van der Waals surface area contributed by atoms with Crippen LogP contribution in [0.2, 0.25) is 0 Å². The fraction of sp³-hybridized carbons (Fsp3) is 0.0222. The Morgan fingerprint density at radius 2 is 1.31 bits per heavy atom. The molecule has 0 fully saturated rings. The molecule has 2 aromatic heterocycles. The summed E-state index contributed by atoms with van der Waals surface area (Å²) in [5.41, 5.74) is 2.50. The summed E-state index contributed by atoms with van der Waals surface area (Å²) in [7, 11) is 0. The third kappa shape index (κ3) is 7.34. The molecule has 0 unspecified atom stereocenters. The van der Waals surface area contributed by atoms with Crippen molar-refractivity contribution in [3.8, 4) is 39.4 Å². The molecule has 7 aromatic carbocycles. The molecule has 2 heterocycles. The van der Waals surface area contributed by atoms with Crippen molar-refractivity contribution < 1.29 is 61.9 Å². The first kappa shape index (κ1) is 42.0. The van der Waals surface area contributed by atoms with Crippen molar-refractivity contribution in [2.24, 2.45) is 4.99 Å². The van der Waals surface area contributed by atoms with E-state index < -0.39 is 51.6 Å². The van der Waals surface area contributed by atoms with Crippen LogP contribution in [0.3, 0.4) is 0 Å². The van der Waals surface area contributed by atoms with E-state index in [0.29, 0.717) is 55.6 Å². The van der Waals surface area contributed by atoms with Crippen LogP contribution in [0, 0.1) is 89.7 Å². The number of halogens is 9. The van der Waals surface area contributed by atoms with E-state index in [-0.39, 0.29) is 58.6 Å². The molecule has 14 heteroatoms. The van der Waals surface area contributed by atoms with Crippen LogP contribution in [-0.4, -0.2) is 15.8 Å². The van der Waals surface area contributed by atoms with Gasteiger partial charge >= 0.3 is 31.1 Å². The van der Waals surface area contributed by atoms with Gasteiger partial charge < -0.3 is 14.0 Å². The van der Waals surface area contributed by atoms with Crippen molar-refractivity contribution in [2.45, 2.75) is 6.92 Å². The van der Waals surface area contributed by atoms with E-state index in [1.54, 1.807) is 80.1 Å². The van der Waals surface area contributed by atoms with Gasteiger partial charge in [0.2, 0.25) is 5.89 Å². The van der Waals surface area contributed by atoms with Crippen molar-refractivity contribution in [3.63, 3.8) is 0 Å². The van der Waals surface area contributed by atoms with Crippen LogP contribution in [0.5, 0.6) is 0 Å². The van der Waals surface area contributed by atoms with Gasteiger partial charge in [-0.05, 0) is 151 Å². The molecule has 288 valence electrons. The molecule has 0 aliphatic carbocycles. The summed E-state index contributed by atoms with van der Waals surface area (Å²) >= 11 is 4.70. The summed E-state index contributed by atoms with van der Waals surface area (Å²) in [6.45, 7) is 1.12. The first-order chi connectivity index (χ1) is 27.9. The molecule has 0 saturated carbocycles. The molecule has 0 aliphatic heterocycles. The van der Waals surface area contributed by atoms with Crippen LogP contribution in [0.1, 0.15) is 11.1 Å². The summed E-state index contributed by atoms with van der Waals surface area (Å²) in [5.74, 6) is -7.18. The number of aliphatic imine (C=N–C) groups is 1.